The number of nitro benzene ring substituents is 2. The number of hydrogen-bond donors (Lipinski definition) is 2. The molecule has 292 valence electrons. The van der Waals surface area contributed by atoms with Crippen LogP contribution in [-0.2, 0) is 66.3 Å². The van der Waals surface area contributed by atoms with E-state index in [0.717, 1.165) is 5.56 Å². The molecular formula is C37H52N3O11Pd-. The van der Waals surface area contributed by atoms with Crippen LogP contribution in [0.25, 0.3) is 0 Å². The zero-order valence-electron chi connectivity index (χ0n) is 31.3. The number of nitro groups is 2. The number of esters is 3. The topological polar surface area (TPSA) is 211 Å². The van der Waals surface area contributed by atoms with Crippen molar-refractivity contribution in [3.05, 3.63) is 117 Å². The van der Waals surface area contributed by atoms with E-state index in [1.54, 1.807) is 77.9 Å². The first-order valence-corrected chi connectivity index (χ1v) is 15.9. The number of aliphatic hydroxyl groups excluding tert-OH is 1. The summed E-state index contributed by atoms with van der Waals surface area (Å²) in [6.45, 7) is 15.4. The molecule has 0 saturated heterocycles. The van der Waals surface area contributed by atoms with Gasteiger partial charge < -0.3 is 32.5 Å². The fourth-order valence-corrected chi connectivity index (χ4v) is 3.87. The zero-order valence-corrected chi connectivity index (χ0v) is 32.8. The third kappa shape index (κ3) is 18.0. The molecule has 0 bridgehead atoms. The molecule has 0 aliphatic carbocycles. The Bertz CT molecular complexity index is 1510. The second kappa shape index (κ2) is 26.1. The molecule has 0 heterocycles. The van der Waals surface area contributed by atoms with Crippen LogP contribution in [0, 0.1) is 27.7 Å². The molecule has 0 atom stereocenters. The van der Waals surface area contributed by atoms with Gasteiger partial charge in [0, 0.05) is 57.0 Å². The molecule has 0 unspecified atom stereocenters. The number of benzene rings is 3. The number of nitrogen functional groups attached to an aromatic ring is 1. The van der Waals surface area contributed by atoms with Crippen LogP contribution in [-0.4, -0.2) is 59.3 Å². The Kier molecular flexibility index (Phi) is 26.0. The summed E-state index contributed by atoms with van der Waals surface area (Å²) in [7, 11) is 0. The van der Waals surface area contributed by atoms with Crippen molar-refractivity contribution in [3.63, 3.8) is 0 Å². The molecule has 3 rings (SSSR count). The zero-order chi connectivity index (χ0) is 38.5. The molecule has 0 fully saturated rings. The second-order valence-corrected chi connectivity index (χ2v) is 11.3. The Hall–Kier alpha value is -4.71. The largest absolute Gasteiger partial charge is 0.466 e. The normalized spacial score (nSPS) is 9.94. The monoisotopic (exact) mass is 820 g/mol. The predicted molar refractivity (Wildman–Crippen MR) is 196 cm³/mol. The second-order valence-electron chi connectivity index (χ2n) is 11.3. The van der Waals surface area contributed by atoms with E-state index in [9.17, 15) is 34.6 Å². The van der Waals surface area contributed by atoms with Crippen molar-refractivity contribution >= 4 is 35.0 Å². The summed E-state index contributed by atoms with van der Waals surface area (Å²) < 4.78 is 14.7. The SMILES string of the molecule is CCO.CCOC(=O)C(C)(C)c1ccc(N)cc1.CCOC(=O)C(C)(C)c1ccc([N+](=O)[O-])cc1.CCOC(=O)Cc1ccc([N+](=O)[O-])cc1.[CH3-].[Pd]. The van der Waals surface area contributed by atoms with Gasteiger partial charge in [-0.2, -0.15) is 0 Å². The Morgan fingerprint density at radius 3 is 1.27 bits per heavy atom. The van der Waals surface area contributed by atoms with Crippen LogP contribution in [0.4, 0.5) is 17.1 Å². The number of hydrogen-bond acceptors (Lipinski definition) is 12. The number of carbonyl (C=O) groups is 3. The van der Waals surface area contributed by atoms with Gasteiger partial charge in [-0.05, 0) is 84.2 Å². The summed E-state index contributed by atoms with van der Waals surface area (Å²) in [6.07, 6.45) is 0.145. The molecule has 14 nitrogen and oxygen atoms in total. The third-order valence-electron chi connectivity index (χ3n) is 6.80. The van der Waals surface area contributed by atoms with E-state index in [1.807, 2.05) is 26.0 Å². The van der Waals surface area contributed by atoms with Crippen molar-refractivity contribution in [2.75, 3.05) is 32.2 Å². The van der Waals surface area contributed by atoms with E-state index in [1.165, 1.54) is 24.3 Å². The molecule has 52 heavy (non-hydrogen) atoms. The molecule has 0 spiro atoms. The molecule has 3 aromatic carbocycles. The average Bonchev–Trinajstić information content (AvgIpc) is 3.06. The number of aliphatic hydroxyl groups is 1. The minimum atomic E-state index is -0.800. The third-order valence-corrected chi connectivity index (χ3v) is 6.80. The summed E-state index contributed by atoms with van der Waals surface area (Å²) >= 11 is 0. The minimum Gasteiger partial charge on any atom is -0.466 e. The molecule has 0 aliphatic heterocycles. The van der Waals surface area contributed by atoms with Crippen molar-refractivity contribution < 1.29 is 64.0 Å². The van der Waals surface area contributed by atoms with Crippen molar-refractivity contribution in [1.29, 1.82) is 0 Å². The predicted octanol–water partition coefficient (Wildman–Crippen LogP) is 6.69. The van der Waals surface area contributed by atoms with Crippen LogP contribution in [0.1, 0.15) is 72.1 Å². The fourth-order valence-electron chi connectivity index (χ4n) is 3.87. The van der Waals surface area contributed by atoms with Gasteiger partial charge in [0.2, 0.25) is 0 Å². The number of non-ortho nitro benzene ring substituents is 2. The smallest absolute Gasteiger partial charge is 0.315 e. The van der Waals surface area contributed by atoms with Gasteiger partial charge in [-0.1, -0.05) is 36.4 Å². The first kappa shape index (κ1) is 51.7. The van der Waals surface area contributed by atoms with Crippen molar-refractivity contribution in [3.8, 4) is 0 Å². The van der Waals surface area contributed by atoms with Crippen molar-refractivity contribution in [2.45, 2.75) is 72.6 Å². The maximum Gasteiger partial charge on any atom is 0.315 e. The van der Waals surface area contributed by atoms with Crippen molar-refractivity contribution in [2.24, 2.45) is 0 Å². The van der Waals surface area contributed by atoms with Gasteiger partial charge >= 0.3 is 17.9 Å². The quantitative estimate of drug-likeness (QED) is 0.0394. The van der Waals surface area contributed by atoms with E-state index >= 15 is 0 Å². The van der Waals surface area contributed by atoms with Crippen LogP contribution in [0.3, 0.4) is 0 Å². The van der Waals surface area contributed by atoms with Gasteiger partial charge in [0.1, 0.15) is 0 Å². The Morgan fingerprint density at radius 1 is 0.654 bits per heavy atom. The Labute approximate surface area is 320 Å². The summed E-state index contributed by atoms with van der Waals surface area (Å²) in [5, 5.41) is 28.4. The number of carbonyl (C=O) groups excluding carboxylic acids is 3. The van der Waals surface area contributed by atoms with Crippen molar-refractivity contribution in [1.82, 2.24) is 0 Å². The van der Waals surface area contributed by atoms with Crippen LogP contribution in [0.5, 0.6) is 0 Å². The van der Waals surface area contributed by atoms with Gasteiger partial charge in [0.15, 0.2) is 0 Å². The van der Waals surface area contributed by atoms with E-state index in [0.29, 0.717) is 36.6 Å². The number of nitrogens with zero attached hydrogens (tertiary/aromatic N) is 2. The van der Waals surface area contributed by atoms with E-state index in [2.05, 4.69) is 0 Å². The molecule has 0 saturated carbocycles. The van der Waals surface area contributed by atoms with Gasteiger partial charge in [-0.15, -0.1) is 0 Å². The summed E-state index contributed by atoms with van der Waals surface area (Å²) in [4.78, 5) is 54.4. The minimum absolute atomic E-state index is 0. The molecule has 3 N–H and O–H groups in total. The van der Waals surface area contributed by atoms with E-state index in [-0.39, 0.29) is 70.2 Å². The van der Waals surface area contributed by atoms with Crippen LogP contribution < -0.4 is 5.73 Å². The molecule has 15 heteroatoms. The summed E-state index contributed by atoms with van der Waals surface area (Å²) in [5.74, 6) is -0.880. The summed E-state index contributed by atoms with van der Waals surface area (Å²) in [6, 6.07) is 19.1. The number of anilines is 1. The molecular weight excluding hydrogens is 769 g/mol. The molecule has 0 amide bonds. The van der Waals surface area contributed by atoms with Crippen LogP contribution >= 0.6 is 0 Å². The van der Waals surface area contributed by atoms with Crippen LogP contribution in [0.15, 0.2) is 72.8 Å². The first-order chi connectivity index (χ1) is 23.4. The van der Waals surface area contributed by atoms with Crippen LogP contribution in [0.2, 0.25) is 0 Å². The Balaban J connectivity index is -0.000000655. The average molecular weight is 821 g/mol. The Morgan fingerprint density at radius 2 is 0.962 bits per heavy atom. The van der Waals surface area contributed by atoms with Gasteiger partial charge in [-0.3, -0.25) is 34.6 Å². The van der Waals surface area contributed by atoms with Gasteiger partial charge in [0.05, 0.1) is 46.9 Å². The number of nitrogens with two attached hydrogens (primary N) is 1. The standard InChI is InChI=1S/C12H15NO4.C12H17NO2.C10H11NO4.C2H6O.CH3.Pd/c1-4-17-11(14)12(2,3)9-5-7-10(8-6-9)13(15)16;1-4-15-11(14)12(2,3)9-5-7-10(13)8-6-9;1-2-15-10(12)7-8-3-5-9(6-4-8)11(13)14;1-2-3;;/h5-8H,4H2,1-3H3;5-8H,4,13H2,1-3H3;3-6H,2,7H2,1H3;3H,2H2,1H3;1H3;/q;;;;-1;. The molecule has 0 aliphatic rings. The first-order valence-electron chi connectivity index (χ1n) is 15.9. The summed E-state index contributed by atoms with van der Waals surface area (Å²) in [5.41, 5.74) is 7.20. The van der Waals surface area contributed by atoms with E-state index in [4.69, 9.17) is 25.1 Å². The maximum atomic E-state index is 11.7. The number of ether oxygens (including phenoxy) is 3. The van der Waals surface area contributed by atoms with Gasteiger partial charge in [0.25, 0.3) is 11.4 Å². The molecule has 3 aromatic rings. The number of rotatable bonds is 11. The van der Waals surface area contributed by atoms with Gasteiger partial charge in [-0.25, -0.2) is 0 Å². The maximum absolute atomic E-state index is 11.7. The molecule has 0 radical (unpaired) electrons. The van der Waals surface area contributed by atoms with E-state index < -0.39 is 20.7 Å². The fraction of sp³-hybridized carbons (Fsp3) is 0.405. The molecule has 0 aromatic heterocycles.